The van der Waals surface area contributed by atoms with Gasteiger partial charge in [0.15, 0.2) is 0 Å². The van der Waals surface area contributed by atoms with Gasteiger partial charge in [-0.25, -0.2) is 13.1 Å². The minimum Gasteiger partial charge on any atom is -0.496 e. The molecular weight excluding hydrogens is 372 g/mol. The molecule has 3 rings (SSSR count). The molecule has 26 heavy (non-hydrogen) atoms. The molecule has 1 saturated heterocycles. The highest BCUT2D eigenvalue weighted by atomic mass is 35.5. The van der Waals surface area contributed by atoms with Crippen LogP contribution in [-0.2, 0) is 10.0 Å². The van der Waals surface area contributed by atoms with E-state index in [1.807, 2.05) is 24.3 Å². The SMILES string of the molecule is COc1ccccc1C(CNS(=O)(=O)c1cccc(Cl)c1)N1CCCC1. The van der Waals surface area contributed by atoms with Crippen LogP contribution >= 0.6 is 11.6 Å². The summed E-state index contributed by atoms with van der Waals surface area (Å²) in [7, 11) is -2.00. The Morgan fingerprint density at radius 2 is 1.88 bits per heavy atom. The summed E-state index contributed by atoms with van der Waals surface area (Å²) in [5.74, 6) is 0.770. The van der Waals surface area contributed by atoms with Crippen LogP contribution in [-0.4, -0.2) is 40.1 Å². The van der Waals surface area contributed by atoms with E-state index in [9.17, 15) is 8.42 Å². The lowest BCUT2D eigenvalue weighted by Gasteiger charge is -2.29. The van der Waals surface area contributed by atoms with Gasteiger partial charge >= 0.3 is 0 Å². The van der Waals surface area contributed by atoms with Crippen LogP contribution in [0.4, 0.5) is 0 Å². The van der Waals surface area contributed by atoms with Crippen molar-refractivity contribution in [3.8, 4) is 5.75 Å². The molecule has 140 valence electrons. The van der Waals surface area contributed by atoms with Gasteiger partial charge in [-0.2, -0.15) is 0 Å². The van der Waals surface area contributed by atoms with Crippen LogP contribution in [0.5, 0.6) is 5.75 Å². The number of halogens is 1. The monoisotopic (exact) mass is 394 g/mol. The first-order valence-corrected chi connectivity index (χ1v) is 10.5. The van der Waals surface area contributed by atoms with Crippen LogP contribution in [0.15, 0.2) is 53.4 Å². The molecule has 1 aliphatic heterocycles. The van der Waals surface area contributed by atoms with Gasteiger partial charge in [-0.15, -0.1) is 0 Å². The van der Waals surface area contributed by atoms with E-state index >= 15 is 0 Å². The summed E-state index contributed by atoms with van der Waals surface area (Å²) in [6.45, 7) is 2.17. The van der Waals surface area contributed by atoms with Gasteiger partial charge in [-0.3, -0.25) is 4.90 Å². The van der Waals surface area contributed by atoms with Gasteiger partial charge in [-0.05, 0) is 50.2 Å². The van der Waals surface area contributed by atoms with Crippen molar-refractivity contribution in [2.45, 2.75) is 23.8 Å². The van der Waals surface area contributed by atoms with Crippen molar-refractivity contribution in [2.75, 3.05) is 26.7 Å². The number of benzene rings is 2. The number of nitrogens with one attached hydrogen (secondary N) is 1. The van der Waals surface area contributed by atoms with Gasteiger partial charge in [0.1, 0.15) is 5.75 Å². The van der Waals surface area contributed by atoms with E-state index in [2.05, 4.69) is 9.62 Å². The molecule has 0 amide bonds. The number of nitrogens with zero attached hydrogens (tertiary/aromatic N) is 1. The third-order valence-electron chi connectivity index (χ3n) is 4.65. The lowest BCUT2D eigenvalue weighted by molar-refractivity contribution is 0.240. The number of sulfonamides is 1. The zero-order valence-corrected chi connectivity index (χ0v) is 16.3. The van der Waals surface area contributed by atoms with Crippen molar-refractivity contribution in [3.05, 3.63) is 59.1 Å². The smallest absolute Gasteiger partial charge is 0.240 e. The Morgan fingerprint density at radius 1 is 1.15 bits per heavy atom. The average molecular weight is 395 g/mol. The van der Waals surface area contributed by atoms with Gasteiger partial charge in [0.25, 0.3) is 0 Å². The van der Waals surface area contributed by atoms with Crippen LogP contribution in [0.1, 0.15) is 24.4 Å². The maximum atomic E-state index is 12.7. The molecule has 1 heterocycles. The molecule has 1 unspecified atom stereocenters. The highest BCUT2D eigenvalue weighted by Gasteiger charge is 2.27. The second kappa shape index (κ2) is 8.39. The third-order valence-corrected chi connectivity index (χ3v) is 6.31. The Labute approximate surface area is 160 Å². The molecular formula is C19H23ClN2O3S. The Balaban J connectivity index is 1.84. The second-order valence-corrected chi connectivity index (χ2v) is 8.51. The lowest BCUT2D eigenvalue weighted by Crippen LogP contribution is -2.37. The highest BCUT2D eigenvalue weighted by molar-refractivity contribution is 7.89. The second-order valence-electron chi connectivity index (χ2n) is 6.31. The average Bonchev–Trinajstić information content (AvgIpc) is 3.16. The van der Waals surface area contributed by atoms with Crippen LogP contribution in [0, 0.1) is 0 Å². The predicted octanol–water partition coefficient (Wildman–Crippen LogP) is 3.46. The molecule has 2 aromatic rings. The predicted molar refractivity (Wildman–Crippen MR) is 103 cm³/mol. The van der Waals surface area contributed by atoms with E-state index in [1.54, 1.807) is 25.3 Å². The Kier molecular flexibility index (Phi) is 6.19. The van der Waals surface area contributed by atoms with Crippen molar-refractivity contribution in [3.63, 3.8) is 0 Å². The van der Waals surface area contributed by atoms with Crippen LogP contribution in [0.25, 0.3) is 0 Å². The number of hydrogen-bond donors (Lipinski definition) is 1. The molecule has 0 bridgehead atoms. The lowest BCUT2D eigenvalue weighted by atomic mass is 10.0. The van der Waals surface area contributed by atoms with E-state index in [-0.39, 0.29) is 17.5 Å². The fourth-order valence-electron chi connectivity index (χ4n) is 3.34. The number of para-hydroxylation sites is 1. The molecule has 1 fully saturated rings. The molecule has 5 nitrogen and oxygen atoms in total. The van der Waals surface area contributed by atoms with E-state index in [4.69, 9.17) is 16.3 Å². The third kappa shape index (κ3) is 4.38. The first kappa shape index (κ1) is 19.2. The Bertz CT molecular complexity index is 851. The summed E-state index contributed by atoms with van der Waals surface area (Å²) in [4.78, 5) is 2.48. The number of rotatable bonds is 7. The van der Waals surface area contributed by atoms with Crippen molar-refractivity contribution in [1.29, 1.82) is 0 Å². The molecule has 1 aliphatic rings. The fraction of sp³-hybridized carbons (Fsp3) is 0.368. The number of methoxy groups -OCH3 is 1. The molecule has 0 saturated carbocycles. The first-order chi connectivity index (χ1) is 12.5. The maximum absolute atomic E-state index is 12.7. The molecule has 7 heteroatoms. The zero-order chi connectivity index (χ0) is 18.6. The summed E-state index contributed by atoms with van der Waals surface area (Å²) < 4.78 is 33.6. The number of hydrogen-bond acceptors (Lipinski definition) is 4. The fourth-order valence-corrected chi connectivity index (χ4v) is 4.68. The van der Waals surface area contributed by atoms with Crippen molar-refractivity contribution in [1.82, 2.24) is 9.62 Å². The number of likely N-dealkylation sites (tertiary alicyclic amines) is 1. The van der Waals surface area contributed by atoms with Gasteiger partial charge in [0.05, 0.1) is 18.0 Å². The molecule has 1 atom stereocenters. The molecule has 1 N–H and O–H groups in total. The zero-order valence-electron chi connectivity index (χ0n) is 14.7. The molecule has 2 aromatic carbocycles. The van der Waals surface area contributed by atoms with Crippen LogP contribution in [0.3, 0.4) is 0 Å². The van der Waals surface area contributed by atoms with E-state index in [0.29, 0.717) is 5.02 Å². The number of ether oxygens (including phenoxy) is 1. The summed E-state index contributed by atoms with van der Waals surface area (Å²) >= 11 is 5.94. The van der Waals surface area contributed by atoms with E-state index < -0.39 is 10.0 Å². The van der Waals surface area contributed by atoms with Gasteiger partial charge in [0.2, 0.25) is 10.0 Å². The topological polar surface area (TPSA) is 58.6 Å². The molecule has 0 aliphatic carbocycles. The summed E-state index contributed by atoms with van der Waals surface area (Å²) in [6.07, 6.45) is 2.24. The van der Waals surface area contributed by atoms with E-state index in [0.717, 1.165) is 37.2 Å². The minimum atomic E-state index is -3.64. The maximum Gasteiger partial charge on any atom is 0.240 e. The van der Waals surface area contributed by atoms with Crippen molar-refractivity contribution in [2.24, 2.45) is 0 Å². The quantitative estimate of drug-likeness (QED) is 0.781. The van der Waals surface area contributed by atoms with Crippen molar-refractivity contribution >= 4 is 21.6 Å². The van der Waals surface area contributed by atoms with Crippen LogP contribution in [0.2, 0.25) is 5.02 Å². The summed E-state index contributed by atoms with van der Waals surface area (Å²) in [5, 5.41) is 0.397. The molecule has 0 spiro atoms. The summed E-state index contributed by atoms with van der Waals surface area (Å²) in [6, 6.07) is 14.0. The minimum absolute atomic E-state index is 0.0809. The van der Waals surface area contributed by atoms with Crippen LogP contribution < -0.4 is 9.46 Å². The standard InChI is InChI=1S/C19H23ClN2O3S/c1-25-19-10-3-2-9-17(19)18(22-11-4-5-12-22)14-21-26(23,24)16-8-6-7-15(20)13-16/h2-3,6-10,13,18,21H,4-5,11-12,14H2,1H3. The Hall–Kier alpha value is -1.60. The largest absolute Gasteiger partial charge is 0.496 e. The normalized spacial score (nSPS) is 16.5. The Morgan fingerprint density at radius 3 is 2.58 bits per heavy atom. The first-order valence-electron chi connectivity index (χ1n) is 8.63. The van der Waals surface area contributed by atoms with Gasteiger partial charge in [0, 0.05) is 17.1 Å². The summed E-state index contributed by atoms with van der Waals surface area (Å²) in [5.41, 5.74) is 0.991. The van der Waals surface area contributed by atoms with E-state index in [1.165, 1.54) is 6.07 Å². The van der Waals surface area contributed by atoms with Gasteiger partial charge < -0.3 is 4.74 Å². The molecule has 0 aromatic heterocycles. The highest BCUT2D eigenvalue weighted by Crippen LogP contribution is 2.31. The van der Waals surface area contributed by atoms with Gasteiger partial charge in [-0.1, -0.05) is 35.9 Å². The van der Waals surface area contributed by atoms with Crippen molar-refractivity contribution < 1.29 is 13.2 Å². The molecule has 0 radical (unpaired) electrons.